The van der Waals surface area contributed by atoms with Crippen LogP contribution < -0.4 is 4.35 Å². The van der Waals surface area contributed by atoms with Crippen LogP contribution >= 0.6 is 0 Å². The molecule has 0 aromatic heterocycles. The van der Waals surface area contributed by atoms with Crippen LogP contribution in [0.25, 0.3) is 32.3 Å². The molecular weight excluding hydrogens is 291 g/mol. The SMILES string of the molecule is [AsH2]c1cccc2cc3ccc4ccccc4c3cc12. The van der Waals surface area contributed by atoms with Crippen molar-refractivity contribution in [2.24, 2.45) is 0 Å². The van der Waals surface area contributed by atoms with E-state index in [0.717, 1.165) is 0 Å². The molecule has 4 aromatic carbocycles. The van der Waals surface area contributed by atoms with Gasteiger partial charge in [0, 0.05) is 0 Å². The first-order valence-corrected chi connectivity index (χ1v) is 7.64. The van der Waals surface area contributed by atoms with Gasteiger partial charge in [-0.25, -0.2) is 0 Å². The van der Waals surface area contributed by atoms with E-state index in [-0.39, 0.29) is 0 Å². The minimum absolute atomic E-state index is 1.31. The quantitative estimate of drug-likeness (QED) is 0.265. The van der Waals surface area contributed by atoms with E-state index in [1.165, 1.54) is 36.7 Å². The zero-order valence-electron chi connectivity index (χ0n) is 10.4. The molecule has 19 heavy (non-hydrogen) atoms. The van der Waals surface area contributed by atoms with Gasteiger partial charge in [-0.3, -0.25) is 0 Å². The summed E-state index contributed by atoms with van der Waals surface area (Å²) in [6, 6.07) is 24.3. The fourth-order valence-electron chi connectivity index (χ4n) is 2.81. The third kappa shape index (κ3) is 1.68. The molecule has 0 saturated carbocycles. The van der Waals surface area contributed by atoms with Gasteiger partial charge in [-0.1, -0.05) is 0 Å². The summed E-state index contributed by atoms with van der Waals surface area (Å²) in [5.74, 6) is 0. The van der Waals surface area contributed by atoms with Crippen molar-refractivity contribution in [1.29, 1.82) is 0 Å². The van der Waals surface area contributed by atoms with Crippen LogP contribution in [0.4, 0.5) is 0 Å². The molecule has 90 valence electrons. The first kappa shape index (κ1) is 11.1. The Morgan fingerprint density at radius 1 is 0.526 bits per heavy atom. The van der Waals surface area contributed by atoms with Gasteiger partial charge in [-0.2, -0.15) is 0 Å². The van der Waals surface area contributed by atoms with E-state index in [9.17, 15) is 0 Å². The third-order valence-corrected chi connectivity index (χ3v) is 4.83. The maximum atomic E-state index is 2.35. The molecule has 0 radical (unpaired) electrons. The second kappa shape index (κ2) is 4.11. The summed E-state index contributed by atoms with van der Waals surface area (Å²) >= 11 is 1.69. The number of benzene rings is 4. The normalized spacial score (nSPS) is 11.4. The fourth-order valence-corrected chi connectivity index (χ4v) is 3.56. The standard InChI is InChI=1S/C18H13As/c19-18-7-3-5-13-10-14-9-8-12-4-1-2-6-15(12)16(14)11-17(13)18/h1-11H,19H2. The molecule has 4 rings (SSSR count). The van der Waals surface area contributed by atoms with E-state index < -0.39 is 0 Å². The van der Waals surface area contributed by atoms with Crippen molar-refractivity contribution in [2.75, 3.05) is 0 Å². The van der Waals surface area contributed by atoms with Crippen molar-refractivity contribution in [1.82, 2.24) is 0 Å². The first-order valence-electron chi connectivity index (χ1n) is 6.43. The van der Waals surface area contributed by atoms with Gasteiger partial charge in [0.25, 0.3) is 0 Å². The van der Waals surface area contributed by atoms with Crippen molar-refractivity contribution in [2.45, 2.75) is 0 Å². The Balaban J connectivity index is 2.27. The molecule has 0 nitrogen and oxygen atoms in total. The molecule has 1 heteroatoms. The van der Waals surface area contributed by atoms with E-state index in [1.54, 1.807) is 16.9 Å². The van der Waals surface area contributed by atoms with Gasteiger partial charge in [-0.05, 0) is 0 Å². The van der Waals surface area contributed by atoms with Crippen molar-refractivity contribution in [3.8, 4) is 0 Å². The molecule has 0 aliphatic heterocycles. The van der Waals surface area contributed by atoms with Gasteiger partial charge in [0.1, 0.15) is 0 Å². The summed E-state index contributed by atoms with van der Waals surface area (Å²) in [5.41, 5.74) is 0. The monoisotopic (exact) mass is 304 g/mol. The molecule has 0 N–H and O–H groups in total. The Hall–Kier alpha value is -1.78. The number of hydrogen-bond acceptors (Lipinski definition) is 0. The molecular formula is C18H13As. The van der Waals surface area contributed by atoms with Gasteiger partial charge in [0.2, 0.25) is 0 Å². The van der Waals surface area contributed by atoms with E-state index in [2.05, 4.69) is 66.7 Å². The van der Waals surface area contributed by atoms with Crippen LogP contribution in [0.15, 0.2) is 66.7 Å². The minimum atomic E-state index is 1.31. The zero-order chi connectivity index (χ0) is 12.8. The fraction of sp³-hybridized carbons (Fsp3) is 0. The Kier molecular flexibility index (Phi) is 2.40. The molecule has 0 bridgehead atoms. The Labute approximate surface area is 120 Å². The van der Waals surface area contributed by atoms with Gasteiger partial charge < -0.3 is 0 Å². The topological polar surface area (TPSA) is 0 Å². The number of fused-ring (bicyclic) bond motifs is 4. The van der Waals surface area contributed by atoms with Crippen LogP contribution in [0, 0.1) is 0 Å². The Morgan fingerprint density at radius 2 is 1.26 bits per heavy atom. The molecule has 0 saturated heterocycles. The van der Waals surface area contributed by atoms with Gasteiger partial charge >= 0.3 is 120 Å². The summed E-state index contributed by atoms with van der Waals surface area (Å²) < 4.78 is 1.40. The van der Waals surface area contributed by atoms with E-state index in [1.807, 2.05) is 0 Å². The Bertz CT molecular complexity index is 922. The first-order chi connectivity index (χ1) is 9.33. The zero-order valence-corrected chi connectivity index (χ0v) is 12.9. The summed E-state index contributed by atoms with van der Waals surface area (Å²) in [5, 5.41) is 8.06. The van der Waals surface area contributed by atoms with Crippen LogP contribution in [0.2, 0.25) is 0 Å². The van der Waals surface area contributed by atoms with Crippen molar-refractivity contribution >= 4 is 53.5 Å². The average molecular weight is 304 g/mol. The van der Waals surface area contributed by atoms with E-state index in [4.69, 9.17) is 0 Å². The molecule has 1 atom stereocenters. The predicted octanol–water partition coefficient (Wildman–Crippen LogP) is 3.40. The molecule has 1 unspecified atom stereocenters. The molecule has 0 heterocycles. The van der Waals surface area contributed by atoms with Crippen LogP contribution in [-0.2, 0) is 0 Å². The van der Waals surface area contributed by atoms with Crippen LogP contribution in [0.1, 0.15) is 0 Å². The van der Waals surface area contributed by atoms with Crippen molar-refractivity contribution in [3.05, 3.63) is 66.7 Å². The second-order valence-electron chi connectivity index (χ2n) is 4.93. The molecule has 0 amide bonds. The maximum absolute atomic E-state index is 2.35. The summed E-state index contributed by atoms with van der Waals surface area (Å²) in [7, 11) is 0. The van der Waals surface area contributed by atoms with Gasteiger partial charge in [-0.15, -0.1) is 0 Å². The molecule has 4 aromatic rings. The van der Waals surface area contributed by atoms with Crippen molar-refractivity contribution in [3.63, 3.8) is 0 Å². The second-order valence-corrected chi connectivity index (χ2v) is 6.23. The van der Waals surface area contributed by atoms with Crippen LogP contribution in [-0.4, -0.2) is 16.9 Å². The van der Waals surface area contributed by atoms with Crippen molar-refractivity contribution < 1.29 is 0 Å². The van der Waals surface area contributed by atoms with Gasteiger partial charge in [0.05, 0.1) is 0 Å². The van der Waals surface area contributed by atoms with Crippen LogP contribution in [0.5, 0.6) is 0 Å². The third-order valence-electron chi connectivity index (χ3n) is 3.78. The number of hydrogen-bond donors (Lipinski definition) is 0. The van der Waals surface area contributed by atoms with Gasteiger partial charge in [0.15, 0.2) is 0 Å². The molecule has 0 aliphatic rings. The average Bonchev–Trinajstić information content (AvgIpc) is 2.46. The Morgan fingerprint density at radius 3 is 2.21 bits per heavy atom. The van der Waals surface area contributed by atoms with E-state index in [0.29, 0.717) is 0 Å². The summed E-state index contributed by atoms with van der Waals surface area (Å²) in [4.78, 5) is 0. The predicted molar refractivity (Wildman–Crippen MR) is 87.1 cm³/mol. The molecule has 0 fully saturated rings. The summed E-state index contributed by atoms with van der Waals surface area (Å²) in [6.07, 6.45) is 0. The number of rotatable bonds is 0. The van der Waals surface area contributed by atoms with Crippen LogP contribution in [0.3, 0.4) is 0 Å². The molecule has 0 aliphatic carbocycles. The molecule has 0 spiro atoms. The van der Waals surface area contributed by atoms with E-state index >= 15 is 0 Å². The summed E-state index contributed by atoms with van der Waals surface area (Å²) in [6.45, 7) is 0.